The number of rotatable bonds is 5. The molecule has 0 aromatic carbocycles. The molecule has 96 valence electrons. The van der Waals surface area contributed by atoms with E-state index in [1.165, 1.54) is 0 Å². The minimum absolute atomic E-state index is 0.131. The van der Waals surface area contributed by atoms with Crippen molar-refractivity contribution in [2.75, 3.05) is 0 Å². The summed E-state index contributed by atoms with van der Waals surface area (Å²) in [7, 11) is 0. The van der Waals surface area contributed by atoms with Gasteiger partial charge in [0.1, 0.15) is 6.33 Å². The van der Waals surface area contributed by atoms with Gasteiger partial charge in [-0.1, -0.05) is 11.3 Å². The summed E-state index contributed by atoms with van der Waals surface area (Å²) in [6.45, 7) is 1.32. The van der Waals surface area contributed by atoms with E-state index in [1.54, 1.807) is 28.1 Å². The molecule has 8 heteroatoms. The molecule has 0 aliphatic rings. The molecule has 0 spiro atoms. The zero-order valence-electron chi connectivity index (χ0n) is 10.1. The molecule has 0 aliphatic carbocycles. The Morgan fingerprint density at radius 3 is 2.63 bits per heavy atom. The summed E-state index contributed by atoms with van der Waals surface area (Å²) in [5.74, 6) is 0.131. The molecule has 0 aliphatic heterocycles. The van der Waals surface area contributed by atoms with Gasteiger partial charge < -0.3 is 0 Å². The summed E-state index contributed by atoms with van der Waals surface area (Å²) in [6, 6.07) is 5.86. The fourth-order valence-electron chi connectivity index (χ4n) is 1.91. The van der Waals surface area contributed by atoms with Crippen LogP contribution < -0.4 is 0 Å². The minimum atomic E-state index is 0.131. The van der Waals surface area contributed by atoms with Gasteiger partial charge in [0.25, 0.3) is 0 Å². The van der Waals surface area contributed by atoms with Crippen LogP contribution in [0.15, 0.2) is 43.1 Å². The van der Waals surface area contributed by atoms with Crippen molar-refractivity contribution in [2.24, 2.45) is 0 Å². The van der Waals surface area contributed by atoms with Crippen molar-refractivity contribution in [3.05, 3.63) is 48.8 Å². The Morgan fingerprint density at radius 2 is 1.95 bits per heavy atom. The lowest BCUT2D eigenvalue weighted by Gasteiger charge is -2.15. The first-order valence-electron chi connectivity index (χ1n) is 5.87. The normalized spacial score (nSPS) is 12.4. The number of pyridine rings is 1. The predicted octanol–water partition coefficient (Wildman–Crippen LogP) is 0.144. The van der Waals surface area contributed by atoms with Gasteiger partial charge in [-0.05, 0) is 22.6 Å². The van der Waals surface area contributed by atoms with E-state index < -0.39 is 0 Å². The zero-order chi connectivity index (χ0) is 12.9. The van der Waals surface area contributed by atoms with E-state index in [4.69, 9.17) is 0 Å². The lowest BCUT2D eigenvalue weighted by molar-refractivity contribution is 0.420. The SMILES string of the molecule is c1ccc(C(Cn2ccnn2)Cn2cnnn2)nc1. The van der Waals surface area contributed by atoms with Gasteiger partial charge in [0.2, 0.25) is 0 Å². The molecule has 3 heterocycles. The van der Waals surface area contributed by atoms with Crippen LogP contribution in [0.25, 0.3) is 0 Å². The third-order valence-electron chi connectivity index (χ3n) is 2.78. The van der Waals surface area contributed by atoms with Crippen molar-refractivity contribution < 1.29 is 0 Å². The fourth-order valence-corrected chi connectivity index (χ4v) is 1.91. The molecule has 8 nitrogen and oxygen atoms in total. The summed E-state index contributed by atoms with van der Waals surface area (Å²) >= 11 is 0. The highest BCUT2D eigenvalue weighted by Crippen LogP contribution is 2.16. The van der Waals surface area contributed by atoms with E-state index in [9.17, 15) is 0 Å². The Morgan fingerprint density at radius 1 is 1.00 bits per heavy atom. The topological polar surface area (TPSA) is 87.2 Å². The number of hydrogen-bond donors (Lipinski definition) is 0. The van der Waals surface area contributed by atoms with Crippen molar-refractivity contribution in [3.63, 3.8) is 0 Å². The van der Waals surface area contributed by atoms with Gasteiger partial charge in [0.05, 0.1) is 19.3 Å². The first kappa shape index (κ1) is 11.5. The molecule has 0 saturated carbocycles. The smallest absolute Gasteiger partial charge is 0.138 e. The van der Waals surface area contributed by atoms with E-state index in [0.717, 1.165) is 5.69 Å². The van der Waals surface area contributed by atoms with Crippen LogP contribution in [0.3, 0.4) is 0 Å². The van der Waals surface area contributed by atoms with Crippen LogP contribution in [0.4, 0.5) is 0 Å². The van der Waals surface area contributed by atoms with Crippen LogP contribution in [0.2, 0.25) is 0 Å². The molecule has 19 heavy (non-hydrogen) atoms. The maximum atomic E-state index is 4.40. The first-order chi connectivity index (χ1) is 9.42. The van der Waals surface area contributed by atoms with E-state index in [0.29, 0.717) is 13.1 Å². The van der Waals surface area contributed by atoms with Gasteiger partial charge in [-0.2, -0.15) is 0 Å². The monoisotopic (exact) mass is 256 g/mol. The van der Waals surface area contributed by atoms with Gasteiger partial charge >= 0.3 is 0 Å². The molecule has 3 rings (SSSR count). The number of hydrogen-bond acceptors (Lipinski definition) is 6. The van der Waals surface area contributed by atoms with Gasteiger partial charge in [-0.25, -0.2) is 4.68 Å². The Bertz CT molecular complexity index is 553. The fraction of sp³-hybridized carbons (Fsp3) is 0.273. The van der Waals surface area contributed by atoms with Crippen LogP contribution in [-0.4, -0.2) is 40.2 Å². The van der Waals surface area contributed by atoms with Crippen molar-refractivity contribution in [2.45, 2.75) is 19.0 Å². The second kappa shape index (κ2) is 5.34. The maximum absolute atomic E-state index is 4.40. The van der Waals surface area contributed by atoms with Gasteiger partial charge in [-0.3, -0.25) is 9.67 Å². The second-order valence-electron chi connectivity index (χ2n) is 4.11. The van der Waals surface area contributed by atoms with Crippen molar-refractivity contribution in [3.8, 4) is 0 Å². The van der Waals surface area contributed by atoms with Crippen molar-refractivity contribution >= 4 is 0 Å². The molecule has 0 radical (unpaired) electrons. The van der Waals surface area contributed by atoms with Crippen LogP contribution in [-0.2, 0) is 13.1 Å². The first-order valence-corrected chi connectivity index (χ1v) is 5.87. The minimum Gasteiger partial charge on any atom is -0.261 e. The summed E-state index contributed by atoms with van der Waals surface area (Å²) in [5.41, 5.74) is 0.980. The molecule has 1 unspecified atom stereocenters. The largest absolute Gasteiger partial charge is 0.261 e. The van der Waals surface area contributed by atoms with E-state index in [2.05, 4.69) is 30.8 Å². The maximum Gasteiger partial charge on any atom is 0.138 e. The quantitative estimate of drug-likeness (QED) is 0.645. The Hall–Kier alpha value is -2.64. The van der Waals surface area contributed by atoms with Crippen LogP contribution in [0.1, 0.15) is 11.6 Å². The second-order valence-corrected chi connectivity index (χ2v) is 4.11. The molecular formula is C11H12N8. The highest BCUT2D eigenvalue weighted by Gasteiger charge is 2.15. The molecular weight excluding hydrogens is 244 g/mol. The number of aromatic nitrogens is 8. The van der Waals surface area contributed by atoms with E-state index in [-0.39, 0.29) is 5.92 Å². The number of nitrogens with zero attached hydrogens (tertiary/aromatic N) is 8. The lowest BCUT2D eigenvalue weighted by Crippen LogP contribution is -2.17. The summed E-state index contributed by atoms with van der Waals surface area (Å²) in [5, 5.41) is 19.0. The van der Waals surface area contributed by atoms with Crippen molar-refractivity contribution in [1.82, 2.24) is 40.2 Å². The Kier molecular flexibility index (Phi) is 3.22. The Labute approximate surface area is 109 Å². The van der Waals surface area contributed by atoms with Crippen LogP contribution in [0, 0.1) is 0 Å². The van der Waals surface area contributed by atoms with Crippen LogP contribution in [0.5, 0.6) is 0 Å². The summed E-state index contributed by atoms with van der Waals surface area (Å²) in [6.07, 6.45) is 6.86. The van der Waals surface area contributed by atoms with Gasteiger partial charge in [0.15, 0.2) is 0 Å². The average Bonchev–Trinajstić information content (AvgIpc) is 3.12. The predicted molar refractivity (Wildman–Crippen MR) is 64.8 cm³/mol. The van der Waals surface area contributed by atoms with Crippen LogP contribution >= 0.6 is 0 Å². The molecule has 3 aromatic rings. The molecule has 0 saturated heterocycles. The lowest BCUT2D eigenvalue weighted by atomic mass is 10.1. The zero-order valence-corrected chi connectivity index (χ0v) is 10.1. The molecule has 0 N–H and O–H groups in total. The van der Waals surface area contributed by atoms with Gasteiger partial charge in [-0.15, -0.1) is 10.2 Å². The van der Waals surface area contributed by atoms with Crippen molar-refractivity contribution in [1.29, 1.82) is 0 Å². The standard InChI is InChI=1S/C11H12N8/c1-2-4-12-11(3-1)10(7-18-6-5-13-16-18)8-19-9-14-15-17-19/h1-6,9-10H,7-8H2. The average molecular weight is 256 g/mol. The molecule has 0 fully saturated rings. The Balaban J connectivity index is 1.83. The molecule has 1 atom stereocenters. The van der Waals surface area contributed by atoms with E-state index in [1.807, 2.05) is 24.4 Å². The van der Waals surface area contributed by atoms with E-state index >= 15 is 0 Å². The van der Waals surface area contributed by atoms with Gasteiger partial charge in [0, 0.05) is 24.0 Å². The molecule has 0 bridgehead atoms. The molecule has 3 aromatic heterocycles. The number of tetrazole rings is 1. The summed E-state index contributed by atoms with van der Waals surface area (Å²) in [4.78, 5) is 4.40. The molecule has 0 amide bonds. The summed E-state index contributed by atoms with van der Waals surface area (Å²) < 4.78 is 3.47. The third kappa shape index (κ3) is 2.79. The highest BCUT2D eigenvalue weighted by atomic mass is 15.5. The third-order valence-corrected chi connectivity index (χ3v) is 2.78. The highest BCUT2D eigenvalue weighted by molar-refractivity contribution is 5.09.